The van der Waals surface area contributed by atoms with E-state index in [4.69, 9.17) is 0 Å². The van der Waals surface area contributed by atoms with Crippen LogP contribution in [0, 0.1) is 0 Å². The van der Waals surface area contributed by atoms with Crippen LogP contribution >= 0.6 is 0 Å². The summed E-state index contributed by atoms with van der Waals surface area (Å²) in [6.45, 7) is 0. The van der Waals surface area contributed by atoms with Crippen LogP contribution in [-0.2, 0) is 0 Å². The first-order valence-corrected chi connectivity index (χ1v) is 3.58. The van der Waals surface area contributed by atoms with Gasteiger partial charge in [-0.15, -0.1) is 0 Å². The minimum Gasteiger partial charge on any atom is -1.00 e. The Morgan fingerprint density at radius 1 is 1.31 bits per heavy atom. The van der Waals surface area contributed by atoms with Gasteiger partial charge in [-0.25, -0.2) is 0 Å². The largest absolute Gasteiger partial charge is 1.00 e. The first-order valence-electron chi connectivity index (χ1n) is 3.58. The fourth-order valence-corrected chi connectivity index (χ4v) is 1.19. The van der Waals surface area contributed by atoms with Gasteiger partial charge in [-0.3, -0.25) is 4.79 Å². The van der Waals surface area contributed by atoms with Gasteiger partial charge >= 0.3 is 29.6 Å². The Balaban J connectivity index is 0.000000845. The molecule has 0 amide bonds. The molecule has 0 atom stereocenters. The zero-order valence-electron chi connectivity index (χ0n) is 8.24. The van der Waals surface area contributed by atoms with Gasteiger partial charge in [0.1, 0.15) is 5.75 Å². The molecule has 1 aromatic carbocycles. The quantitative estimate of drug-likeness (QED) is 0.483. The van der Waals surface area contributed by atoms with E-state index in [0.717, 1.165) is 0 Å². The number of hydrogen-bond acceptors (Lipinski definition) is 2. The van der Waals surface area contributed by atoms with Crippen LogP contribution in [0.1, 0.15) is 1.43 Å². The molecule has 0 radical (unpaired) electrons. The number of pyridine rings is 1. The van der Waals surface area contributed by atoms with Gasteiger partial charge in [0.15, 0.2) is 0 Å². The molecule has 0 bridgehead atoms. The monoisotopic (exact) mass is 185 g/mol. The van der Waals surface area contributed by atoms with Gasteiger partial charge in [0, 0.05) is 11.5 Å². The van der Waals surface area contributed by atoms with Crippen LogP contribution in [0.2, 0.25) is 0 Å². The second-order valence-corrected chi connectivity index (χ2v) is 2.56. The van der Waals surface area contributed by atoms with Crippen molar-refractivity contribution >= 4 is 10.9 Å². The molecule has 2 aromatic rings. The van der Waals surface area contributed by atoms with Crippen molar-refractivity contribution in [3.05, 3.63) is 40.7 Å². The Labute approximate surface area is 98.2 Å². The van der Waals surface area contributed by atoms with Gasteiger partial charge in [-0.05, 0) is 12.1 Å². The molecule has 0 aliphatic rings. The number of benzene rings is 1. The number of para-hydroxylation sites is 1. The van der Waals surface area contributed by atoms with Gasteiger partial charge in [0.2, 0.25) is 0 Å². The number of aromatic amines is 1. The first kappa shape index (κ1) is 10.3. The molecular weight excluding hydrogens is 177 g/mol. The van der Waals surface area contributed by atoms with Gasteiger partial charge in [0.05, 0.1) is 5.52 Å². The smallest absolute Gasteiger partial charge is 1.00 e. The van der Waals surface area contributed by atoms with Gasteiger partial charge < -0.3 is 11.5 Å². The van der Waals surface area contributed by atoms with E-state index in [2.05, 4.69) is 4.98 Å². The molecular formula is C9H8NNaO2. The maximum Gasteiger partial charge on any atom is 1.00 e. The second kappa shape index (κ2) is 3.96. The van der Waals surface area contributed by atoms with Crippen LogP contribution in [0.25, 0.3) is 10.9 Å². The van der Waals surface area contributed by atoms with Crippen LogP contribution in [0.5, 0.6) is 5.75 Å². The van der Waals surface area contributed by atoms with Crippen molar-refractivity contribution in [3.8, 4) is 5.75 Å². The Morgan fingerprint density at radius 3 is 2.77 bits per heavy atom. The van der Waals surface area contributed by atoms with E-state index in [1.165, 1.54) is 6.07 Å². The maximum absolute atomic E-state index is 10.9. The van der Waals surface area contributed by atoms with E-state index >= 15 is 0 Å². The average Bonchev–Trinajstić information content (AvgIpc) is 2.04. The normalized spacial score (nSPS) is 9.54. The fraction of sp³-hybridized carbons (Fsp3) is 0. The summed E-state index contributed by atoms with van der Waals surface area (Å²) in [4.78, 5) is 13.5. The van der Waals surface area contributed by atoms with Crippen LogP contribution in [-0.4, -0.2) is 10.1 Å². The molecule has 0 aliphatic carbocycles. The van der Waals surface area contributed by atoms with Gasteiger partial charge in [-0.2, -0.15) is 0 Å². The molecule has 62 valence electrons. The molecule has 13 heavy (non-hydrogen) atoms. The number of hydrogen-bond donors (Lipinski definition) is 2. The van der Waals surface area contributed by atoms with E-state index in [-0.39, 0.29) is 42.3 Å². The maximum atomic E-state index is 10.9. The van der Waals surface area contributed by atoms with Crippen molar-refractivity contribution < 1.29 is 36.1 Å². The Bertz CT molecular complexity index is 483. The molecule has 0 aliphatic heterocycles. The number of H-pyrrole nitrogens is 1. The predicted octanol–water partition coefficient (Wildman–Crippen LogP) is -1.65. The second-order valence-electron chi connectivity index (χ2n) is 2.56. The number of fused-ring (bicyclic) bond motifs is 1. The molecule has 4 heteroatoms. The van der Waals surface area contributed by atoms with Gasteiger partial charge in [-0.1, -0.05) is 12.1 Å². The third kappa shape index (κ3) is 1.94. The van der Waals surface area contributed by atoms with Crippen LogP contribution in [0.15, 0.2) is 35.1 Å². The van der Waals surface area contributed by atoms with E-state index in [1.54, 1.807) is 24.3 Å². The molecule has 0 spiro atoms. The van der Waals surface area contributed by atoms with Crippen molar-refractivity contribution in [2.24, 2.45) is 0 Å². The summed E-state index contributed by atoms with van der Waals surface area (Å²) in [6, 6.07) is 8.28. The van der Waals surface area contributed by atoms with Gasteiger partial charge in [0.25, 0.3) is 5.56 Å². The molecule has 0 saturated carbocycles. The number of rotatable bonds is 0. The van der Waals surface area contributed by atoms with Crippen molar-refractivity contribution in [1.82, 2.24) is 4.98 Å². The zero-order chi connectivity index (χ0) is 8.55. The van der Waals surface area contributed by atoms with E-state index < -0.39 is 0 Å². The molecule has 3 nitrogen and oxygen atoms in total. The fourth-order valence-electron chi connectivity index (χ4n) is 1.19. The predicted molar refractivity (Wildman–Crippen MR) is 47.3 cm³/mol. The summed E-state index contributed by atoms with van der Waals surface area (Å²) in [5, 5.41) is 10.00. The van der Waals surface area contributed by atoms with Crippen molar-refractivity contribution in [1.29, 1.82) is 0 Å². The standard InChI is InChI=1S/C9H7NO2.Na.H/c11-8-5-9(12)10-7-4-2-1-3-6(7)8;;/h1-5H,(H2,10,11,12);;/q;+1;-1. The van der Waals surface area contributed by atoms with Crippen LogP contribution < -0.4 is 35.1 Å². The van der Waals surface area contributed by atoms with Crippen molar-refractivity contribution in [3.63, 3.8) is 0 Å². The molecule has 0 unspecified atom stereocenters. The zero-order valence-corrected chi connectivity index (χ0v) is 9.24. The molecule has 1 heterocycles. The van der Waals surface area contributed by atoms with Crippen LogP contribution in [0.4, 0.5) is 0 Å². The Kier molecular flexibility index (Phi) is 3.14. The minimum atomic E-state index is -0.286. The summed E-state index contributed by atoms with van der Waals surface area (Å²) in [7, 11) is 0. The average molecular weight is 185 g/mol. The summed E-state index contributed by atoms with van der Waals surface area (Å²) in [5.41, 5.74) is 0.369. The third-order valence-electron chi connectivity index (χ3n) is 1.73. The Hall–Kier alpha value is -0.770. The summed E-state index contributed by atoms with van der Waals surface area (Å²) in [5.74, 6) is 0.0225. The molecule has 1 aromatic heterocycles. The topological polar surface area (TPSA) is 53.1 Å². The number of nitrogens with one attached hydrogen (secondary N) is 1. The minimum absolute atomic E-state index is 0. The number of aromatic nitrogens is 1. The summed E-state index contributed by atoms with van der Waals surface area (Å²) < 4.78 is 0. The van der Waals surface area contributed by atoms with Crippen molar-refractivity contribution in [2.45, 2.75) is 0 Å². The summed E-state index contributed by atoms with van der Waals surface area (Å²) in [6.07, 6.45) is 0. The van der Waals surface area contributed by atoms with E-state index in [0.29, 0.717) is 10.9 Å². The molecule has 0 fully saturated rings. The number of aromatic hydroxyl groups is 1. The van der Waals surface area contributed by atoms with E-state index in [1.807, 2.05) is 0 Å². The molecule has 0 saturated heterocycles. The first-order chi connectivity index (χ1) is 5.77. The van der Waals surface area contributed by atoms with Crippen LogP contribution in [0.3, 0.4) is 0 Å². The molecule has 2 N–H and O–H groups in total. The van der Waals surface area contributed by atoms with Crippen molar-refractivity contribution in [2.75, 3.05) is 0 Å². The Morgan fingerprint density at radius 2 is 2.00 bits per heavy atom. The SMILES string of the molecule is O=c1cc(O)c2ccccc2[nH]1.[H-].[Na+]. The third-order valence-corrected chi connectivity index (χ3v) is 1.73. The molecule has 2 rings (SSSR count). The summed E-state index contributed by atoms with van der Waals surface area (Å²) >= 11 is 0. The van der Waals surface area contributed by atoms with E-state index in [9.17, 15) is 9.90 Å².